The fourth-order valence-electron chi connectivity index (χ4n) is 2.49. The zero-order chi connectivity index (χ0) is 17.7. The fraction of sp³-hybridized carbons (Fsp3) is 0.278. The molecule has 0 aromatic heterocycles. The third-order valence-corrected chi connectivity index (χ3v) is 3.73. The molecule has 24 heavy (non-hydrogen) atoms. The van der Waals surface area contributed by atoms with Gasteiger partial charge in [0.15, 0.2) is 11.5 Å². The summed E-state index contributed by atoms with van der Waals surface area (Å²) in [6, 6.07) is 8.68. The van der Waals surface area contributed by atoms with Crippen LogP contribution in [0.2, 0.25) is 0 Å². The van der Waals surface area contributed by atoms with Crippen LogP contribution in [-0.4, -0.2) is 32.4 Å². The van der Waals surface area contributed by atoms with Crippen LogP contribution in [0.1, 0.15) is 21.5 Å². The molecule has 0 radical (unpaired) electrons. The van der Waals surface area contributed by atoms with Crippen molar-refractivity contribution in [1.29, 1.82) is 0 Å². The lowest BCUT2D eigenvalue weighted by Crippen LogP contribution is -2.06. The summed E-state index contributed by atoms with van der Waals surface area (Å²) in [6.07, 6.45) is 0. The summed E-state index contributed by atoms with van der Waals surface area (Å²) in [5.41, 5.74) is 2.88. The van der Waals surface area contributed by atoms with Crippen LogP contribution in [0.4, 0.5) is 5.69 Å². The molecule has 0 heterocycles. The molecule has 0 aliphatic heterocycles. The fourth-order valence-corrected chi connectivity index (χ4v) is 2.49. The van der Waals surface area contributed by atoms with Crippen molar-refractivity contribution >= 4 is 11.7 Å². The number of methoxy groups -OCH3 is 3. The Morgan fingerprint density at radius 2 is 1.75 bits per heavy atom. The molecule has 2 aromatic rings. The SMILES string of the molecule is COc1ccc(CNc2ccc(C(=O)O)cc2C)c(OC)c1OC. The van der Waals surface area contributed by atoms with Crippen LogP contribution in [0, 0.1) is 6.92 Å². The standard InChI is InChI=1S/C18H21NO5/c1-11-9-12(18(20)21)5-7-14(11)19-10-13-6-8-15(22-2)17(24-4)16(13)23-3/h5-9,19H,10H2,1-4H3,(H,20,21). The molecular formula is C18H21NO5. The highest BCUT2D eigenvalue weighted by Crippen LogP contribution is 2.40. The van der Waals surface area contributed by atoms with E-state index in [0.717, 1.165) is 16.8 Å². The molecule has 0 saturated carbocycles. The van der Waals surface area contributed by atoms with E-state index < -0.39 is 5.97 Å². The Bertz CT molecular complexity index is 742. The van der Waals surface area contributed by atoms with Crippen LogP contribution in [-0.2, 0) is 6.54 Å². The van der Waals surface area contributed by atoms with Crippen LogP contribution in [0.5, 0.6) is 17.2 Å². The number of aromatic carboxylic acids is 1. The van der Waals surface area contributed by atoms with Gasteiger partial charge in [-0.3, -0.25) is 0 Å². The molecule has 0 bridgehead atoms. The maximum absolute atomic E-state index is 11.0. The minimum absolute atomic E-state index is 0.266. The van der Waals surface area contributed by atoms with Crippen molar-refractivity contribution in [1.82, 2.24) is 0 Å². The molecule has 128 valence electrons. The van der Waals surface area contributed by atoms with E-state index in [9.17, 15) is 4.79 Å². The van der Waals surface area contributed by atoms with Gasteiger partial charge in [0, 0.05) is 17.8 Å². The van der Waals surface area contributed by atoms with Gasteiger partial charge in [0.2, 0.25) is 5.75 Å². The minimum atomic E-state index is -0.939. The second kappa shape index (κ2) is 7.59. The molecule has 0 aliphatic rings. The molecule has 2 N–H and O–H groups in total. The number of nitrogens with one attached hydrogen (secondary N) is 1. The first-order valence-corrected chi connectivity index (χ1v) is 7.37. The van der Waals surface area contributed by atoms with Crippen molar-refractivity contribution in [2.45, 2.75) is 13.5 Å². The summed E-state index contributed by atoms with van der Waals surface area (Å²) in [7, 11) is 4.71. The molecule has 0 spiro atoms. The minimum Gasteiger partial charge on any atom is -0.493 e. The number of hydrogen-bond donors (Lipinski definition) is 2. The van der Waals surface area contributed by atoms with Crippen LogP contribution in [0.3, 0.4) is 0 Å². The average molecular weight is 331 g/mol. The Labute approximate surface area is 141 Å². The molecule has 2 aromatic carbocycles. The molecule has 0 atom stereocenters. The van der Waals surface area contributed by atoms with Crippen molar-refractivity contribution in [3.05, 3.63) is 47.0 Å². The monoisotopic (exact) mass is 331 g/mol. The largest absolute Gasteiger partial charge is 0.493 e. The van der Waals surface area contributed by atoms with E-state index in [1.54, 1.807) is 39.5 Å². The highest BCUT2D eigenvalue weighted by Gasteiger charge is 2.15. The van der Waals surface area contributed by atoms with Gasteiger partial charge >= 0.3 is 5.97 Å². The number of hydrogen-bond acceptors (Lipinski definition) is 5. The van der Waals surface area contributed by atoms with E-state index in [1.165, 1.54) is 0 Å². The van der Waals surface area contributed by atoms with E-state index in [-0.39, 0.29) is 5.56 Å². The Balaban J connectivity index is 2.25. The molecular weight excluding hydrogens is 310 g/mol. The van der Waals surface area contributed by atoms with Crippen molar-refractivity contribution in [2.75, 3.05) is 26.6 Å². The van der Waals surface area contributed by atoms with Gasteiger partial charge in [0.05, 0.1) is 26.9 Å². The molecule has 2 rings (SSSR count). The van der Waals surface area contributed by atoms with E-state index in [4.69, 9.17) is 19.3 Å². The van der Waals surface area contributed by atoms with Crippen molar-refractivity contribution < 1.29 is 24.1 Å². The lowest BCUT2D eigenvalue weighted by Gasteiger charge is -2.17. The predicted molar refractivity (Wildman–Crippen MR) is 91.6 cm³/mol. The topological polar surface area (TPSA) is 77.0 Å². The van der Waals surface area contributed by atoms with E-state index in [2.05, 4.69) is 5.32 Å². The van der Waals surface area contributed by atoms with Crippen LogP contribution < -0.4 is 19.5 Å². The van der Waals surface area contributed by atoms with Gasteiger partial charge in [-0.2, -0.15) is 0 Å². The summed E-state index contributed by atoms with van der Waals surface area (Å²) in [4.78, 5) is 11.0. The summed E-state index contributed by atoms with van der Waals surface area (Å²) in [5.74, 6) is 0.799. The summed E-state index contributed by atoms with van der Waals surface area (Å²) >= 11 is 0. The van der Waals surface area contributed by atoms with Gasteiger partial charge in [-0.05, 0) is 42.8 Å². The molecule has 0 amide bonds. The first-order valence-electron chi connectivity index (χ1n) is 7.37. The van der Waals surface area contributed by atoms with E-state index in [0.29, 0.717) is 23.8 Å². The lowest BCUT2D eigenvalue weighted by molar-refractivity contribution is 0.0697. The van der Waals surface area contributed by atoms with Gasteiger partial charge in [0.1, 0.15) is 0 Å². The Hall–Kier alpha value is -2.89. The van der Waals surface area contributed by atoms with Crippen LogP contribution in [0.15, 0.2) is 30.3 Å². The maximum atomic E-state index is 11.0. The second-order valence-corrected chi connectivity index (χ2v) is 5.18. The average Bonchev–Trinajstić information content (AvgIpc) is 2.59. The summed E-state index contributed by atoms with van der Waals surface area (Å²) < 4.78 is 16.1. The van der Waals surface area contributed by atoms with Crippen LogP contribution >= 0.6 is 0 Å². The number of ether oxygens (including phenoxy) is 3. The smallest absolute Gasteiger partial charge is 0.335 e. The zero-order valence-corrected chi connectivity index (χ0v) is 14.2. The summed E-state index contributed by atoms with van der Waals surface area (Å²) in [6.45, 7) is 2.36. The third kappa shape index (κ3) is 3.53. The normalized spacial score (nSPS) is 10.2. The van der Waals surface area contributed by atoms with Crippen molar-refractivity contribution in [3.8, 4) is 17.2 Å². The maximum Gasteiger partial charge on any atom is 0.335 e. The van der Waals surface area contributed by atoms with Gasteiger partial charge in [-0.1, -0.05) is 0 Å². The van der Waals surface area contributed by atoms with Crippen LogP contribution in [0.25, 0.3) is 0 Å². The highest BCUT2D eigenvalue weighted by atomic mass is 16.5. The molecule has 6 heteroatoms. The lowest BCUT2D eigenvalue weighted by atomic mass is 10.1. The Kier molecular flexibility index (Phi) is 5.52. The Morgan fingerprint density at radius 1 is 1.04 bits per heavy atom. The summed E-state index contributed by atoms with van der Waals surface area (Å²) in [5, 5.41) is 12.3. The quantitative estimate of drug-likeness (QED) is 0.810. The van der Waals surface area contributed by atoms with Gasteiger partial charge in [-0.15, -0.1) is 0 Å². The first kappa shape index (κ1) is 17.5. The number of anilines is 1. The number of carbonyl (C=O) groups is 1. The number of benzene rings is 2. The van der Waals surface area contributed by atoms with Crippen molar-refractivity contribution in [2.24, 2.45) is 0 Å². The molecule has 0 unspecified atom stereocenters. The number of carboxylic acid groups (broad SMARTS) is 1. The van der Waals surface area contributed by atoms with E-state index in [1.807, 2.05) is 19.1 Å². The Morgan fingerprint density at radius 3 is 2.29 bits per heavy atom. The predicted octanol–water partition coefficient (Wildman–Crippen LogP) is 3.33. The van der Waals surface area contributed by atoms with Crippen molar-refractivity contribution in [3.63, 3.8) is 0 Å². The van der Waals surface area contributed by atoms with Gasteiger partial charge in [0.25, 0.3) is 0 Å². The third-order valence-electron chi connectivity index (χ3n) is 3.73. The molecule has 0 fully saturated rings. The van der Waals surface area contributed by atoms with Gasteiger partial charge < -0.3 is 24.6 Å². The molecule has 0 saturated heterocycles. The van der Waals surface area contributed by atoms with E-state index >= 15 is 0 Å². The van der Waals surface area contributed by atoms with Gasteiger partial charge in [-0.25, -0.2) is 4.79 Å². The molecule has 0 aliphatic carbocycles. The number of rotatable bonds is 7. The zero-order valence-electron chi connectivity index (χ0n) is 14.2. The molecule has 6 nitrogen and oxygen atoms in total. The first-order chi connectivity index (χ1) is 11.5. The highest BCUT2D eigenvalue weighted by molar-refractivity contribution is 5.88. The number of carboxylic acids is 1. The number of aryl methyl sites for hydroxylation is 1. The second-order valence-electron chi connectivity index (χ2n) is 5.18.